The van der Waals surface area contributed by atoms with Gasteiger partial charge in [-0.15, -0.1) is 11.3 Å². The Hall–Kier alpha value is 0.01000. The van der Waals surface area contributed by atoms with Gasteiger partial charge in [-0.1, -0.05) is 0 Å². The number of nitrogens with one attached hydrogen (secondary N) is 1. The van der Waals surface area contributed by atoms with E-state index in [0.717, 1.165) is 19.3 Å². The third kappa shape index (κ3) is 3.80. The molecule has 1 saturated carbocycles. The zero-order chi connectivity index (χ0) is 14.8. The standard InChI is InChI=1S/C12H18BrNO4S2/c1-18-5-4-12(2-3-12)8-14-20(16,17)10-6-9(7-15)19-11(10)13/h6,14-15H,2-5,7-8H2,1H3. The quantitative estimate of drug-likeness (QED) is 0.720. The highest BCUT2D eigenvalue weighted by Gasteiger charge is 2.42. The molecular formula is C12H18BrNO4S2. The molecule has 0 amide bonds. The average molecular weight is 384 g/mol. The second-order valence-corrected chi connectivity index (χ2v) is 9.27. The minimum Gasteiger partial charge on any atom is -0.391 e. The maximum absolute atomic E-state index is 12.3. The van der Waals surface area contributed by atoms with Crippen molar-refractivity contribution >= 4 is 37.3 Å². The first-order valence-corrected chi connectivity index (χ1v) is 9.39. The normalized spacial score (nSPS) is 17.4. The van der Waals surface area contributed by atoms with Crippen molar-refractivity contribution in [3.63, 3.8) is 0 Å². The second-order valence-electron chi connectivity index (χ2n) is 5.08. The Labute approximate surface area is 131 Å². The molecule has 2 rings (SSSR count). The lowest BCUT2D eigenvalue weighted by Crippen LogP contribution is -2.30. The van der Waals surface area contributed by atoms with Crippen molar-refractivity contribution in [1.29, 1.82) is 0 Å². The molecule has 1 aromatic rings. The van der Waals surface area contributed by atoms with Crippen LogP contribution in [0, 0.1) is 5.41 Å². The summed E-state index contributed by atoms with van der Waals surface area (Å²) in [5.74, 6) is 0. The Morgan fingerprint density at radius 1 is 1.55 bits per heavy atom. The van der Waals surface area contributed by atoms with Crippen molar-refractivity contribution in [1.82, 2.24) is 4.72 Å². The highest BCUT2D eigenvalue weighted by molar-refractivity contribution is 9.11. The van der Waals surface area contributed by atoms with Crippen molar-refractivity contribution in [2.45, 2.75) is 30.8 Å². The third-order valence-corrected chi connectivity index (χ3v) is 7.22. The molecule has 114 valence electrons. The van der Waals surface area contributed by atoms with Gasteiger partial charge >= 0.3 is 0 Å². The number of hydrogen-bond donors (Lipinski definition) is 2. The maximum Gasteiger partial charge on any atom is 0.242 e. The van der Waals surface area contributed by atoms with Crippen LogP contribution in [0.4, 0.5) is 0 Å². The van der Waals surface area contributed by atoms with E-state index >= 15 is 0 Å². The SMILES string of the molecule is COCCC1(CNS(=O)(=O)c2cc(CO)sc2Br)CC1. The van der Waals surface area contributed by atoms with Crippen LogP contribution in [0.15, 0.2) is 14.7 Å². The summed E-state index contributed by atoms with van der Waals surface area (Å²) in [7, 11) is -1.88. The molecule has 0 aliphatic heterocycles. The number of aliphatic hydroxyl groups excluding tert-OH is 1. The molecule has 8 heteroatoms. The number of aliphatic hydroxyl groups is 1. The minimum absolute atomic E-state index is 0.0609. The van der Waals surface area contributed by atoms with Gasteiger partial charge in [0.2, 0.25) is 10.0 Å². The average Bonchev–Trinajstić information content (AvgIpc) is 3.09. The van der Waals surface area contributed by atoms with E-state index in [1.165, 1.54) is 17.4 Å². The third-order valence-electron chi connectivity index (χ3n) is 3.58. The van der Waals surface area contributed by atoms with Gasteiger partial charge in [0.1, 0.15) is 4.90 Å². The highest BCUT2D eigenvalue weighted by Crippen LogP contribution is 2.48. The highest BCUT2D eigenvalue weighted by atomic mass is 79.9. The molecule has 20 heavy (non-hydrogen) atoms. The van der Waals surface area contributed by atoms with Gasteiger partial charge in [0.05, 0.1) is 10.4 Å². The molecule has 0 unspecified atom stereocenters. The molecule has 0 saturated heterocycles. The Balaban J connectivity index is 2.02. The van der Waals surface area contributed by atoms with Crippen LogP contribution in [0.25, 0.3) is 0 Å². The molecule has 1 aliphatic carbocycles. The molecular weight excluding hydrogens is 366 g/mol. The van der Waals surface area contributed by atoms with Crippen LogP contribution in [-0.2, 0) is 21.4 Å². The van der Waals surface area contributed by atoms with Crippen molar-refractivity contribution in [3.8, 4) is 0 Å². The topological polar surface area (TPSA) is 75.6 Å². The zero-order valence-corrected chi connectivity index (χ0v) is 14.4. The molecule has 0 radical (unpaired) electrons. The largest absolute Gasteiger partial charge is 0.391 e. The summed E-state index contributed by atoms with van der Waals surface area (Å²) in [6.45, 7) is 0.935. The lowest BCUT2D eigenvalue weighted by molar-refractivity contribution is 0.173. The van der Waals surface area contributed by atoms with Gasteiger partial charge in [0, 0.05) is 25.1 Å². The molecule has 1 heterocycles. The number of thiophene rings is 1. The van der Waals surface area contributed by atoms with Gasteiger partial charge in [0.15, 0.2) is 0 Å². The van der Waals surface area contributed by atoms with Crippen molar-refractivity contribution in [2.75, 3.05) is 20.3 Å². The van der Waals surface area contributed by atoms with E-state index in [-0.39, 0.29) is 16.9 Å². The van der Waals surface area contributed by atoms with Gasteiger partial charge in [-0.3, -0.25) is 0 Å². The first-order valence-electron chi connectivity index (χ1n) is 6.30. The fraction of sp³-hybridized carbons (Fsp3) is 0.667. The Morgan fingerprint density at radius 2 is 2.25 bits per heavy atom. The Bertz CT molecular complexity index is 566. The van der Waals surface area contributed by atoms with E-state index in [2.05, 4.69) is 20.7 Å². The minimum atomic E-state index is -3.54. The summed E-state index contributed by atoms with van der Waals surface area (Å²) in [6.07, 6.45) is 2.94. The number of methoxy groups -OCH3 is 1. The lowest BCUT2D eigenvalue weighted by atomic mass is 10.0. The predicted octanol–water partition coefficient (Wildman–Crippen LogP) is 2.10. The first kappa shape index (κ1) is 16.4. The fourth-order valence-electron chi connectivity index (χ4n) is 2.00. The van der Waals surface area contributed by atoms with Gasteiger partial charge < -0.3 is 9.84 Å². The van der Waals surface area contributed by atoms with Crippen LogP contribution in [0.3, 0.4) is 0 Å². The summed E-state index contributed by atoms with van der Waals surface area (Å²) in [5, 5.41) is 9.07. The maximum atomic E-state index is 12.3. The second kappa shape index (κ2) is 6.41. The number of rotatable bonds is 8. The molecule has 2 N–H and O–H groups in total. The van der Waals surface area contributed by atoms with Crippen LogP contribution in [0.1, 0.15) is 24.1 Å². The van der Waals surface area contributed by atoms with Crippen LogP contribution in [0.2, 0.25) is 0 Å². The van der Waals surface area contributed by atoms with E-state index in [1.807, 2.05) is 0 Å². The summed E-state index contributed by atoms with van der Waals surface area (Å²) in [5.41, 5.74) is 0.0609. The van der Waals surface area contributed by atoms with Gasteiger partial charge in [0.25, 0.3) is 0 Å². The van der Waals surface area contributed by atoms with Gasteiger partial charge in [-0.2, -0.15) is 0 Å². The van der Waals surface area contributed by atoms with E-state index in [9.17, 15) is 8.42 Å². The van der Waals surface area contributed by atoms with Gasteiger partial charge in [-0.25, -0.2) is 13.1 Å². The van der Waals surface area contributed by atoms with Crippen molar-refractivity contribution in [3.05, 3.63) is 14.7 Å². The summed E-state index contributed by atoms with van der Waals surface area (Å²) in [6, 6.07) is 1.51. The van der Waals surface area contributed by atoms with Crippen LogP contribution in [-0.4, -0.2) is 33.8 Å². The molecule has 1 aliphatic rings. The monoisotopic (exact) mass is 383 g/mol. The first-order chi connectivity index (χ1) is 9.42. The van der Waals surface area contributed by atoms with Crippen LogP contribution >= 0.6 is 27.3 Å². The van der Waals surface area contributed by atoms with Crippen LogP contribution in [0.5, 0.6) is 0 Å². The molecule has 0 atom stereocenters. The molecule has 0 spiro atoms. The van der Waals surface area contributed by atoms with Gasteiger partial charge in [-0.05, 0) is 46.7 Å². The van der Waals surface area contributed by atoms with E-state index in [4.69, 9.17) is 9.84 Å². The van der Waals surface area contributed by atoms with E-state index < -0.39 is 10.0 Å². The summed E-state index contributed by atoms with van der Waals surface area (Å²) < 4.78 is 32.8. The Kier molecular flexibility index (Phi) is 5.25. The molecule has 5 nitrogen and oxygen atoms in total. The summed E-state index contributed by atoms with van der Waals surface area (Å²) >= 11 is 4.47. The molecule has 0 bridgehead atoms. The Morgan fingerprint density at radius 3 is 2.75 bits per heavy atom. The number of sulfonamides is 1. The lowest BCUT2D eigenvalue weighted by Gasteiger charge is -2.15. The molecule has 0 aromatic carbocycles. The molecule has 1 fully saturated rings. The smallest absolute Gasteiger partial charge is 0.242 e. The number of hydrogen-bond acceptors (Lipinski definition) is 5. The number of halogens is 1. The number of ether oxygens (including phenoxy) is 1. The predicted molar refractivity (Wildman–Crippen MR) is 81.3 cm³/mol. The van der Waals surface area contributed by atoms with Crippen molar-refractivity contribution < 1.29 is 18.3 Å². The van der Waals surface area contributed by atoms with E-state index in [1.54, 1.807) is 7.11 Å². The fourth-order valence-corrected chi connectivity index (χ4v) is 5.69. The zero-order valence-electron chi connectivity index (χ0n) is 11.2. The molecule has 1 aromatic heterocycles. The van der Waals surface area contributed by atoms with Crippen LogP contribution < -0.4 is 4.72 Å². The van der Waals surface area contributed by atoms with Crippen molar-refractivity contribution in [2.24, 2.45) is 5.41 Å². The van der Waals surface area contributed by atoms with E-state index in [0.29, 0.717) is 21.8 Å². The summed E-state index contributed by atoms with van der Waals surface area (Å²) in [4.78, 5) is 0.826.